The standard InChI is InChI=1S/C20H27N5O2/c26-19-8-4-1-5-15(19)13-24-11-9-17(10-12-24)25-14-18(22-23-25)20(27)21-16-6-2-3-7-16/h1,4-5,8,14,16-17,26H,2-3,6-7,9-13H2,(H,21,27). The predicted molar refractivity (Wildman–Crippen MR) is 101 cm³/mol. The van der Waals surface area contributed by atoms with Crippen LogP contribution in [0.3, 0.4) is 0 Å². The lowest BCUT2D eigenvalue weighted by Crippen LogP contribution is -2.34. The summed E-state index contributed by atoms with van der Waals surface area (Å²) in [6.07, 6.45) is 8.22. The summed E-state index contributed by atoms with van der Waals surface area (Å²) in [7, 11) is 0. The fourth-order valence-electron chi connectivity index (χ4n) is 4.12. The molecule has 0 bridgehead atoms. The van der Waals surface area contributed by atoms with E-state index in [4.69, 9.17) is 0 Å². The Balaban J connectivity index is 1.30. The smallest absolute Gasteiger partial charge is 0.273 e. The molecule has 27 heavy (non-hydrogen) atoms. The van der Waals surface area contributed by atoms with Gasteiger partial charge in [-0.05, 0) is 31.7 Å². The zero-order chi connectivity index (χ0) is 18.6. The van der Waals surface area contributed by atoms with Crippen LogP contribution in [0.2, 0.25) is 0 Å². The van der Waals surface area contributed by atoms with E-state index in [0.717, 1.165) is 50.9 Å². The first kappa shape index (κ1) is 18.0. The second-order valence-electron chi connectivity index (χ2n) is 7.67. The van der Waals surface area contributed by atoms with E-state index in [0.29, 0.717) is 17.5 Å². The van der Waals surface area contributed by atoms with Gasteiger partial charge < -0.3 is 10.4 Å². The van der Waals surface area contributed by atoms with Crippen LogP contribution < -0.4 is 5.32 Å². The Bertz CT molecular complexity index is 776. The molecule has 1 saturated carbocycles. The van der Waals surface area contributed by atoms with Gasteiger partial charge in [-0.25, -0.2) is 4.68 Å². The lowest BCUT2D eigenvalue weighted by atomic mass is 10.0. The Kier molecular flexibility index (Phi) is 5.38. The van der Waals surface area contributed by atoms with Crippen molar-refractivity contribution in [2.45, 2.75) is 57.2 Å². The molecule has 1 aliphatic carbocycles. The molecule has 7 nitrogen and oxygen atoms in total. The van der Waals surface area contributed by atoms with Crippen LogP contribution in [0.15, 0.2) is 30.5 Å². The van der Waals surface area contributed by atoms with E-state index >= 15 is 0 Å². The summed E-state index contributed by atoms with van der Waals surface area (Å²) in [6, 6.07) is 8.06. The van der Waals surface area contributed by atoms with Crippen molar-refractivity contribution in [1.29, 1.82) is 0 Å². The molecule has 2 aromatic rings. The zero-order valence-electron chi connectivity index (χ0n) is 15.5. The normalized spacial score (nSPS) is 19.4. The van der Waals surface area contributed by atoms with Gasteiger partial charge in [-0.2, -0.15) is 0 Å². The van der Waals surface area contributed by atoms with Crippen molar-refractivity contribution in [3.05, 3.63) is 41.7 Å². The Morgan fingerprint density at radius 1 is 1.15 bits per heavy atom. The number of piperidine rings is 1. The van der Waals surface area contributed by atoms with Crippen molar-refractivity contribution < 1.29 is 9.90 Å². The number of nitrogens with zero attached hydrogens (tertiary/aromatic N) is 4. The summed E-state index contributed by atoms with van der Waals surface area (Å²) in [5.74, 6) is 0.249. The van der Waals surface area contributed by atoms with Crippen molar-refractivity contribution in [2.75, 3.05) is 13.1 Å². The minimum Gasteiger partial charge on any atom is -0.508 e. The molecule has 1 saturated heterocycles. The van der Waals surface area contributed by atoms with Gasteiger partial charge in [-0.1, -0.05) is 36.3 Å². The monoisotopic (exact) mass is 369 g/mol. The topological polar surface area (TPSA) is 83.3 Å². The minimum absolute atomic E-state index is 0.106. The number of para-hydroxylation sites is 1. The van der Waals surface area contributed by atoms with Crippen LogP contribution in [0.5, 0.6) is 5.75 Å². The van der Waals surface area contributed by atoms with Gasteiger partial charge in [0.15, 0.2) is 5.69 Å². The molecule has 0 unspecified atom stereocenters. The number of hydrogen-bond donors (Lipinski definition) is 2. The van der Waals surface area contributed by atoms with Crippen LogP contribution in [-0.2, 0) is 6.54 Å². The van der Waals surface area contributed by atoms with Gasteiger partial charge in [0.25, 0.3) is 5.91 Å². The van der Waals surface area contributed by atoms with Crippen molar-refractivity contribution >= 4 is 5.91 Å². The molecule has 1 aliphatic heterocycles. The maximum atomic E-state index is 12.3. The molecular weight excluding hydrogens is 342 g/mol. The number of amides is 1. The van der Waals surface area contributed by atoms with E-state index in [1.807, 2.05) is 22.9 Å². The van der Waals surface area contributed by atoms with Gasteiger partial charge in [0.05, 0.1) is 12.2 Å². The number of phenolic OH excluding ortho intramolecular Hbond substituents is 1. The number of carbonyl (C=O) groups is 1. The fraction of sp³-hybridized carbons (Fsp3) is 0.550. The summed E-state index contributed by atoms with van der Waals surface area (Å²) in [4.78, 5) is 14.7. The Hall–Kier alpha value is -2.41. The molecule has 4 rings (SSSR count). The molecule has 2 N–H and O–H groups in total. The summed E-state index contributed by atoms with van der Waals surface area (Å²) >= 11 is 0. The maximum Gasteiger partial charge on any atom is 0.273 e. The average Bonchev–Trinajstić information content (AvgIpc) is 3.36. The quantitative estimate of drug-likeness (QED) is 0.846. The molecule has 0 spiro atoms. The van der Waals surface area contributed by atoms with Crippen LogP contribution in [-0.4, -0.2) is 50.0 Å². The first-order chi connectivity index (χ1) is 13.2. The molecule has 1 amide bonds. The van der Waals surface area contributed by atoms with E-state index in [2.05, 4.69) is 20.5 Å². The van der Waals surface area contributed by atoms with E-state index < -0.39 is 0 Å². The predicted octanol–water partition coefficient (Wildman–Crippen LogP) is 2.49. The number of benzene rings is 1. The highest BCUT2D eigenvalue weighted by Gasteiger charge is 2.24. The number of nitrogens with one attached hydrogen (secondary N) is 1. The fourth-order valence-corrected chi connectivity index (χ4v) is 4.12. The summed E-state index contributed by atoms with van der Waals surface area (Å²) < 4.78 is 1.85. The molecule has 7 heteroatoms. The van der Waals surface area contributed by atoms with Crippen molar-refractivity contribution in [1.82, 2.24) is 25.2 Å². The number of phenols is 1. The SMILES string of the molecule is O=C(NC1CCCC1)c1cn(C2CCN(Cc3ccccc3O)CC2)nn1. The van der Waals surface area contributed by atoms with Gasteiger partial charge >= 0.3 is 0 Å². The molecule has 1 aromatic heterocycles. The number of carbonyl (C=O) groups excluding carboxylic acids is 1. The Morgan fingerprint density at radius 2 is 1.89 bits per heavy atom. The van der Waals surface area contributed by atoms with Gasteiger partial charge in [-0.15, -0.1) is 5.10 Å². The van der Waals surface area contributed by atoms with E-state index in [1.165, 1.54) is 12.8 Å². The average molecular weight is 369 g/mol. The third-order valence-corrected chi connectivity index (χ3v) is 5.75. The third-order valence-electron chi connectivity index (χ3n) is 5.75. The second-order valence-corrected chi connectivity index (χ2v) is 7.67. The first-order valence-corrected chi connectivity index (χ1v) is 9.91. The molecular formula is C20H27N5O2. The number of rotatable bonds is 5. The van der Waals surface area contributed by atoms with Crippen LogP contribution >= 0.6 is 0 Å². The number of aromatic hydroxyl groups is 1. The molecule has 0 atom stereocenters. The number of aromatic nitrogens is 3. The minimum atomic E-state index is -0.106. The van der Waals surface area contributed by atoms with Crippen LogP contribution in [0, 0.1) is 0 Å². The summed E-state index contributed by atoms with van der Waals surface area (Å²) in [5.41, 5.74) is 1.38. The van der Waals surface area contributed by atoms with E-state index in [-0.39, 0.29) is 11.9 Å². The zero-order valence-corrected chi connectivity index (χ0v) is 15.5. The van der Waals surface area contributed by atoms with Gasteiger partial charge in [0, 0.05) is 31.2 Å². The van der Waals surface area contributed by atoms with Crippen LogP contribution in [0.25, 0.3) is 0 Å². The number of hydrogen-bond acceptors (Lipinski definition) is 5. The molecule has 2 heterocycles. The van der Waals surface area contributed by atoms with Crippen LogP contribution in [0.4, 0.5) is 0 Å². The highest BCUT2D eigenvalue weighted by atomic mass is 16.3. The first-order valence-electron chi connectivity index (χ1n) is 9.91. The van der Waals surface area contributed by atoms with E-state index in [1.54, 1.807) is 12.3 Å². The van der Waals surface area contributed by atoms with Crippen molar-refractivity contribution in [2.24, 2.45) is 0 Å². The molecule has 144 valence electrons. The third kappa shape index (κ3) is 4.30. The second kappa shape index (κ2) is 8.08. The molecule has 0 radical (unpaired) electrons. The largest absolute Gasteiger partial charge is 0.508 e. The lowest BCUT2D eigenvalue weighted by Gasteiger charge is -2.31. The van der Waals surface area contributed by atoms with Crippen molar-refractivity contribution in [3.8, 4) is 5.75 Å². The lowest BCUT2D eigenvalue weighted by molar-refractivity contribution is 0.0932. The van der Waals surface area contributed by atoms with Gasteiger partial charge in [0.2, 0.25) is 0 Å². The maximum absolute atomic E-state index is 12.3. The Labute approximate surface area is 159 Å². The highest BCUT2D eigenvalue weighted by Crippen LogP contribution is 2.25. The van der Waals surface area contributed by atoms with Gasteiger partial charge in [0.1, 0.15) is 5.75 Å². The molecule has 2 fully saturated rings. The molecule has 1 aromatic carbocycles. The van der Waals surface area contributed by atoms with Crippen LogP contribution in [0.1, 0.15) is 60.6 Å². The summed E-state index contributed by atoms with van der Waals surface area (Å²) in [5, 5.41) is 21.3. The Morgan fingerprint density at radius 3 is 2.63 bits per heavy atom. The van der Waals surface area contributed by atoms with Gasteiger partial charge in [-0.3, -0.25) is 9.69 Å². The highest BCUT2D eigenvalue weighted by molar-refractivity contribution is 5.92. The number of likely N-dealkylation sites (tertiary alicyclic amines) is 1. The van der Waals surface area contributed by atoms with Crippen molar-refractivity contribution in [3.63, 3.8) is 0 Å². The summed E-state index contributed by atoms with van der Waals surface area (Å²) in [6.45, 7) is 2.62. The molecule has 2 aliphatic rings. The van der Waals surface area contributed by atoms with E-state index in [9.17, 15) is 9.90 Å².